The zero-order valence-electron chi connectivity index (χ0n) is 9.71. The van der Waals surface area contributed by atoms with Gasteiger partial charge in [-0.25, -0.2) is 4.98 Å². The Morgan fingerprint density at radius 1 is 1.10 bits per heavy atom. The summed E-state index contributed by atoms with van der Waals surface area (Å²) in [6.07, 6.45) is -4.04. The highest BCUT2D eigenvalue weighted by atomic mass is 35.5. The monoisotopic (exact) mass is 319 g/mol. The van der Waals surface area contributed by atoms with Crippen LogP contribution in [0.4, 0.5) is 13.2 Å². The zero-order valence-corrected chi connectivity index (χ0v) is 11.2. The van der Waals surface area contributed by atoms with Crippen LogP contribution in [0.2, 0.25) is 10.2 Å². The Kier molecular flexibility index (Phi) is 4.01. The van der Waals surface area contributed by atoms with Crippen molar-refractivity contribution in [1.29, 1.82) is 0 Å². The second-order valence-electron chi connectivity index (χ2n) is 3.89. The van der Waals surface area contributed by atoms with Gasteiger partial charge in [0.1, 0.15) is 5.15 Å². The summed E-state index contributed by atoms with van der Waals surface area (Å²) in [5, 5.41) is -0.460. The summed E-state index contributed by atoms with van der Waals surface area (Å²) in [5.41, 5.74) is -0.349. The van der Waals surface area contributed by atoms with Gasteiger partial charge in [-0.05, 0) is 24.3 Å². The largest absolute Gasteiger partial charge is 0.417 e. The third-order valence-electron chi connectivity index (χ3n) is 2.57. The zero-order chi connectivity index (χ0) is 14.9. The maximum atomic E-state index is 12.8. The number of carbonyl (C=O) groups excluding carboxylic acids is 1. The number of pyridine rings is 1. The fourth-order valence-electron chi connectivity index (χ4n) is 1.60. The predicted molar refractivity (Wildman–Crippen MR) is 70.1 cm³/mol. The van der Waals surface area contributed by atoms with E-state index in [0.717, 1.165) is 12.1 Å². The number of aldehydes is 1. The summed E-state index contributed by atoms with van der Waals surface area (Å²) in [6.45, 7) is 0. The Balaban J connectivity index is 2.54. The van der Waals surface area contributed by atoms with Crippen LogP contribution in [0.5, 0.6) is 0 Å². The van der Waals surface area contributed by atoms with E-state index in [1.165, 1.54) is 18.2 Å². The molecular weight excluding hydrogens is 314 g/mol. The quantitative estimate of drug-likeness (QED) is 0.583. The molecule has 1 aromatic heterocycles. The summed E-state index contributed by atoms with van der Waals surface area (Å²) in [6, 6.07) is 6.24. The molecule has 2 aromatic rings. The first-order chi connectivity index (χ1) is 9.32. The minimum Gasteiger partial charge on any atom is -0.298 e. The normalized spacial score (nSPS) is 11.4. The molecule has 0 saturated heterocycles. The summed E-state index contributed by atoms with van der Waals surface area (Å²) in [5.74, 6) is 0. The van der Waals surface area contributed by atoms with Crippen LogP contribution in [0.15, 0.2) is 30.3 Å². The van der Waals surface area contributed by atoms with Crippen LogP contribution in [0.1, 0.15) is 15.9 Å². The molecule has 0 aliphatic rings. The van der Waals surface area contributed by atoms with Gasteiger partial charge in [0, 0.05) is 5.56 Å². The Bertz CT molecular complexity index is 671. The standard InChI is InChI=1S/C13H6Cl2F3NO/c14-10-3-1-7(5-9(10)13(16,17)18)11-4-2-8(6-20)12(15)19-11/h1-6H. The topological polar surface area (TPSA) is 30.0 Å². The fraction of sp³-hybridized carbons (Fsp3) is 0.0769. The van der Waals surface area contributed by atoms with E-state index in [4.69, 9.17) is 23.2 Å². The molecule has 2 rings (SSSR count). The molecule has 0 atom stereocenters. The molecule has 0 aliphatic carbocycles. The maximum Gasteiger partial charge on any atom is 0.417 e. The lowest BCUT2D eigenvalue weighted by atomic mass is 10.1. The molecule has 0 aliphatic heterocycles. The lowest BCUT2D eigenvalue weighted by Crippen LogP contribution is -2.06. The molecule has 0 unspecified atom stereocenters. The highest BCUT2D eigenvalue weighted by Crippen LogP contribution is 2.37. The summed E-state index contributed by atoms with van der Waals surface area (Å²) >= 11 is 11.3. The Hall–Kier alpha value is -1.59. The number of hydrogen-bond donors (Lipinski definition) is 0. The molecule has 2 nitrogen and oxygen atoms in total. The molecule has 0 N–H and O–H groups in total. The minimum absolute atomic E-state index is 0.0685. The molecule has 0 saturated carbocycles. The number of carbonyl (C=O) groups is 1. The molecule has 20 heavy (non-hydrogen) atoms. The number of alkyl halides is 3. The highest BCUT2D eigenvalue weighted by molar-refractivity contribution is 6.32. The number of benzene rings is 1. The molecular formula is C13H6Cl2F3NO. The Morgan fingerprint density at radius 3 is 2.35 bits per heavy atom. The van der Waals surface area contributed by atoms with E-state index in [1.54, 1.807) is 0 Å². The second-order valence-corrected chi connectivity index (χ2v) is 4.65. The van der Waals surface area contributed by atoms with Crippen molar-refractivity contribution in [2.75, 3.05) is 0 Å². The van der Waals surface area contributed by atoms with Gasteiger partial charge in [0.25, 0.3) is 0 Å². The van der Waals surface area contributed by atoms with Crippen LogP contribution < -0.4 is 0 Å². The van der Waals surface area contributed by atoms with E-state index in [0.29, 0.717) is 6.29 Å². The van der Waals surface area contributed by atoms with Crippen molar-refractivity contribution in [2.45, 2.75) is 6.18 Å². The highest BCUT2D eigenvalue weighted by Gasteiger charge is 2.33. The number of aromatic nitrogens is 1. The summed E-state index contributed by atoms with van der Waals surface area (Å²) in [7, 11) is 0. The van der Waals surface area contributed by atoms with Crippen molar-refractivity contribution >= 4 is 29.5 Å². The summed E-state index contributed by atoms with van der Waals surface area (Å²) in [4.78, 5) is 14.5. The lowest BCUT2D eigenvalue weighted by Gasteiger charge is -2.11. The summed E-state index contributed by atoms with van der Waals surface area (Å²) < 4.78 is 38.3. The smallest absolute Gasteiger partial charge is 0.298 e. The third-order valence-corrected chi connectivity index (χ3v) is 3.20. The molecule has 1 heterocycles. The van der Waals surface area contributed by atoms with Crippen molar-refractivity contribution in [1.82, 2.24) is 4.98 Å². The van der Waals surface area contributed by atoms with Gasteiger partial charge in [-0.1, -0.05) is 29.3 Å². The van der Waals surface area contributed by atoms with Crippen LogP contribution in [0.25, 0.3) is 11.3 Å². The van der Waals surface area contributed by atoms with E-state index in [1.807, 2.05) is 0 Å². The molecule has 1 aromatic carbocycles. The van der Waals surface area contributed by atoms with Gasteiger partial charge in [-0.2, -0.15) is 13.2 Å². The van der Waals surface area contributed by atoms with E-state index in [-0.39, 0.29) is 22.0 Å². The van der Waals surface area contributed by atoms with E-state index in [2.05, 4.69) is 4.98 Å². The van der Waals surface area contributed by atoms with Gasteiger partial charge in [0.2, 0.25) is 0 Å². The number of halogens is 5. The fourth-order valence-corrected chi connectivity index (χ4v) is 2.02. The van der Waals surface area contributed by atoms with Crippen molar-refractivity contribution in [3.63, 3.8) is 0 Å². The molecule has 7 heteroatoms. The second kappa shape index (κ2) is 5.42. The van der Waals surface area contributed by atoms with E-state index in [9.17, 15) is 18.0 Å². The van der Waals surface area contributed by atoms with Gasteiger partial charge in [0.05, 0.1) is 21.8 Å². The van der Waals surface area contributed by atoms with Crippen LogP contribution in [0, 0.1) is 0 Å². The number of nitrogens with zero attached hydrogens (tertiary/aromatic N) is 1. The number of rotatable bonds is 2. The molecule has 0 radical (unpaired) electrons. The molecule has 104 valence electrons. The van der Waals surface area contributed by atoms with Crippen molar-refractivity contribution in [2.24, 2.45) is 0 Å². The molecule has 0 spiro atoms. The van der Waals surface area contributed by atoms with Gasteiger partial charge in [-0.3, -0.25) is 4.79 Å². The van der Waals surface area contributed by atoms with Crippen molar-refractivity contribution in [3.05, 3.63) is 51.6 Å². The molecule has 0 bridgehead atoms. The van der Waals surface area contributed by atoms with Crippen molar-refractivity contribution in [3.8, 4) is 11.3 Å². The lowest BCUT2D eigenvalue weighted by molar-refractivity contribution is -0.137. The van der Waals surface area contributed by atoms with Crippen molar-refractivity contribution < 1.29 is 18.0 Å². The Morgan fingerprint density at radius 2 is 1.80 bits per heavy atom. The predicted octanol–water partition coefficient (Wildman–Crippen LogP) is 4.89. The molecule has 0 amide bonds. The minimum atomic E-state index is -4.56. The average Bonchev–Trinajstić information content (AvgIpc) is 2.37. The van der Waals surface area contributed by atoms with E-state index < -0.39 is 16.8 Å². The van der Waals surface area contributed by atoms with Crippen LogP contribution >= 0.6 is 23.2 Å². The van der Waals surface area contributed by atoms with Gasteiger partial charge < -0.3 is 0 Å². The van der Waals surface area contributed by atoms with Gasteiger partial charge >= 0.3 is 6.18 Å². The third kappa shape index (κ3) is 2.94. The van der Waals surface area contributed by atoms with Crippen LogP contribution in [-0.2, 0) is 6.18 Å². The first kappa shape index (κ1) is 14.8. The first-order valence-corrected chi connectivity index (χ1v) is 6.07. The average molecular weight is 320 g/mol. The first-order valence-electron chi connectivity index (χ1n) is 5.32. The SMILES string of the molecule is O=Cc1ccc(-c2ccc(Cl)c(C(F)(F)F)c2)nc1Cl. The van der Waals surface area contributed by atoms with E-state index >= 15 is 0 Å². The van der Waals surface area contributed by atoms with Gasteiger partial charge in [-0.15, -0.1) is 0 Å². The van der Waals surface area contributed by atoms with Gasteiger partial charge in [0.15, 0.2) is 6.29 Å². The molecule has 0 fully saturated rings. The van der Waals surface area contributed by atoms with Crippen LogP contribution in [-0.4, -0.2) is 11.3 Å². The Labute approximate surface area is 122 Å². The number of hydrogen-bond acceptors (Lipinski definition) is 2. The van der Waals surface area contributed by atoms with Crippen LogP contribution in [0.3, 0.4) is 0 Å². The maximum absolute atomic E-state index is 12.8.